The molecule has 0 aromatic heterocycles. The monoisotopic (exact) mass is 226 g/mol. The van der Waals surface area contributed by atoms with Crippen LogP contribution in [0.4, 0.5) is 0 Å². The van der Waals surface area contributed by atoms with Gasteiger partial charge in [0, 0.05) is 6.61 Å². The van der Waals surface area contributed by atoms with E-state index in [-0.39, 0.29) is 0 Å². The molecule has 1 nitrogen and oxygen atoms in total. The van der Waals surface area contributed by atoms with E-state index in [1.54, 1.807) is 0 Å². The Bertz CT molecular complexity index is 153. The van der Waals surface area contributed by atoms with Crippen LogP contribution in [-0.4, -0.2) is 11.7 Å². The number of hydrogen-bond acceptors (Lipinski definition) is 1. The van der Waals surface area contributed by atoms with Crippen LogP contribution >= 0.6 is 0 Å². The van der Waals surface area contributed by atoms with Crippen molar-refractivity contribution in [2.24, 2.45) is 5.41 Å². The van der Waals surface area contributed by atoms with E-state index < -0.39 is 0 Å². The molecular weight excluding hydrogens is 196 g/mol. The predicted molar refractivity (Wildman–Crippen MR) is 70.6 cm³/mol. The lowest BCUT2D eigenvalue weighted by Gasteiger charge is -2.29. The highest BCUT2D eigenvalue weighted by Gasteiger charge is 2.22. The molecule has 0 spiro atoms. The minimum Gasteiger partial charge on any atom is -0.396 e. The number of aliphatic hydroxyl groups excluding tert-OH is 1. The van der Waals surface area contributed by atoms with Gasteiger partial charge < -0.3 is 5.11 Å². The van der Waals surface area contributed by atoms with Gasteiger partial charge in [-0.15, -0.1) is 0 Å². The third-order valence-electron chi connectivity index (χ3n) is 4.28. The lowest BCUT2D eigenvalue weighted by Crippen LogP contribution is -2.18. The van der Waals surface area contributed by atoms with Crippen LogP contribution in [0.1, 0.15) is 84.0 Å². The van der Waals surface area contributed by atoms with Crippen molar-refractivity contribution >= 4 is 0 Å². The number of hydrogen-bond donors (Lipinski definition) is 1. The Morgan fingerprint density at radius 1 is 0.750 bits per heavy atom. The molecule has 0 atom stereocenters. The van der Waals surface area contributed by atoms with Crippen molar-refractivity contribution in [3.63, 3.8) is 0 Å². The molecule has 0 aromatic rings. The molecule has 0 saturated heterocycles. The van der Waals surface area contributed by atoms with Crippen LogP contribution < -0.4 is 0 Å². The van der Waals surface area contributed by atoms with E-state index in [4.69, 9.17) is 0 Å². The van der Waals surface area contributed by atoms with Gasteiger partial charge in [0.05, 0.1) is 0 Å². The first-order chi connectivity index (χ1) is 7.77. The minimum absolute atomic E-state index is 0.372. The van der Waals surface area contributed by atoms with Gasteiger partial charge in [0.15, 0.2) is 0 Å². The van der Waals surface area contributed by atoms with Crippen LogP contribution in [0.3, 0.4) is 0 Å². The zero-order valence-electron chi connectivity index (χ0n) is 11.1. The molecule has 1 aliphatic rings. The molecule has 1 aliphatic carbocycles. The first-order valence-corrected chi connectivity index (χ1v) is 7.38. The van der Waals surface area contributed by atoms with Crippen molar-refractivity contribution < 1.29 is 5.11 Å². The molecule has 0 heterocycles. The van der Waals surface area contributed by atoms with Crippen molar-refractivity contribution in [1.82, 2.24) is 0 Å². The molecule has 0 aromatic carbocycles. The molecule has 1 rings (SSSR count). The average molecular weight is 226 g/mol. The maximum Gasteiger partial charge on any atom is 0.0436 e. The molecule has 16 heavy (non-hydrogen) atoms. The fraction of sp³-hybridized carbons (Fsp3) is 1.00. The summed E-state index contributed by atoms with van der Waals surface area (Å²) in [6.07, 6.45) is 16.4. The zero-order chi connectivity index (χ0) is 11.7. The highest BCUT2D eigenvalue weighted by atomic mass is 16.3. The Labute approximate surface area is 102 Å². The van der Waals surface area contributed by atoms with Crippen molar-refractivity contribution in [1.29, 1.82) is 0 Å². The summed E-state index contributed by atoms with van der Waals surface area (Å²) in [5.41, 5.74) is 0.425. The first kappa shape index (κ1) is 14.0. The van der Waals surface area contributed by atoms with Gasteiger partial charge in [0.25, 0.3) is 0 Å². The van der Waals surface area contributed by atoms with Crippen molar-refractivity contribution in [2.75, 3.05) is 6.61 Å². The maximum atomic E-state index is 9.17. The fourth-order valence-electron chi connectivity index (χ4n) is 2.99. The van der Waals surface area contributed by atoms with Crippen molar-refractivity contribution in [3.05, 3.63) is 0 Å². The summed E-state index contributed by atoms with van der Waals surface area (Å²) < 4.78 is 0. The Morgan fingerprint density at radius 3 is 1.50 bits per heavy atom. The summed E-state index contributed by atoms with van der Waals surface area (Å²) in [7, 11) is 0. The number of aliphatic hydroxyl groups is 1. The highest BCUT2D eigenvalue weighted by molar-refractivity contribution is 4.74. The molecule has 1 fully saturated rings. The third kappa shape index (κ3) is 5.89. The summed E-state index contributed by atoms with van der Waals surface area (Å²) in [4.78, 5) is 0. The molecule has 1 N–H and O–H groups in total. The molecule has 0 radical (unpaired) electrons. The second-order valence-electron chi connectivity index (χ2n) is 5.97. The standard InChI is InChI=1S/C15H30O/c1-15(13-14-16)11-9-7-5-3-2-4-6-8-10-12-15/h16H,2-14H2,1H3. The van der Waals surface area contributed by atoms with Crippen LogP contribution in [0.25, 0.3) is 0 Å². The Hall–Kier alpha value is -0.0400. The Balaban J connectivity index is 2.35. The second kappa shape index (κ2) is 8.11. The molecular formula is C15H30O. The van der Waals surface area contributed by atoms with Crippen LogP contribution in [0.2, 0.25) is 0 Å². The van der Waals surface area contributed by atoms with Crippen LogP contribution in [0.5, 0.6) is 0 Å². The van der Waals surface area contributed by atoms with Crippen molar-refractivity contribution in [2.45, 2.75) is 84.0 Å². The summed E-state index contributed by atoms with van der Waals surface area (Å²) in [5.74, 6) is 0. The fourth-order valence-corrected chi connectivity index (χ4v) is 2.99. The molecule has 0 amide bonds. The molecule has 1 saturated carbocycles. The Kier molecular flexibility index (Phi) is 7.11. The third-order valence-corrected chi connectivity index (χ3v) is 4.28. The van der Waals surface area contributed by atoms with Gasteiger partial charge in [-0.25, -0.2) is 0 Å². The van der Waals surface area contributed by atoms with Gasteiger partial charge in [-0.05, 0) is 24.7 Å². The summed E-state index contributed by atoms with van der Waals surface area (Å²) in [5, 5.41) is 9.17. The molecule has 96 valence electrons. The molecule has 0 unspecified atom stereocenters. The van der Waals surface area contributed by atoms with Gasteiger partial charge in [-0.3, -0.25) is 0 Å². The van der Waals surface area contributed by atoms with Crippen LogP contribution in [-0.2, 0) is 0 Å². The predicted octanol–water partition coefficient (Wildman–Crippen LogP) is 4.68. The SMILES string of the molecule is CC1(CCO)CCCCCCCCCCC1. The lowest BCUT2D eigenvalue weighted by atomic mass is 9.77. The van der Waals surface area contributed by atoms with Gasteiger partial charge in [0.1, 0.15) is 0 Å². The second-order valence-corrected chi connectivity index (χ2v) is 5.97. The van der Waals surface area contributed by atoms with E-state index in [0.717, 1.165) is 6.42 Å². The zero-order valence-corrected chi connectivity index (χ0v) is 11.1. The van der Waals surface area contributed by atoms with Crippen molar-refractivity contribution in [3.8, 4) is 0 Å². The van der Waals surface area contributed by atoms with Gasteiger partial charge in [0.2, 0.25) is 0 Å². The molecule has 1 heteroatoms. The molecule has 0 aliphatic heterocycles. The Morgan fingerprint density at radius 2 is 1.12 bits per heavy atom. The largest absolute Gasteiger partial charge is 0.396 e. The summed E-state index contributed by atoms with van der Waals surface area (Å²) in [6.45, 7) is 2.76. The summed E-state index contributed by atoms with van der Waals surface area (Å²) in [6, 6.07) is 0. The van der Waals surface area contributed by atoms with E-state index in [2.05, 4.69) is 6.92 Å². The maximum absolute atomic E-state index is 9.17. The van der Waals surface area contributed by atoms with E-state index in [1.165, 1.54) is 70.6 Å². The van der Waals surface area contributed by atoms with E-state index in [0.29, 0.717) is 12.0 Å². The molecule has 0 bridgehead atoms. The smallest absolute Gasteiger partial charge is 0.0436 e. The normalized spacial score (nSPS) is 24.4. The van der Waals surface area contributed by atoms with Gasteiger partial charge in [-0.1, -0.05) is 64.7 Å². The summed E-state index contributed by atoms with van der Waals surface area (Å²) >= 11 is 0. The van der Waals surface area contributed by atoms with E-state index in [1.807, 2.05) is 0 Å². The van der Waals surface area contributed by atoms with E-state index >= 15 is 0 Å². The van der Waals surface area contributed by atoms with Gasteiger partial charge in [-0.2, -0.15) is 0 Å². The lowest BCUT2D eigenvalue weighted by molar-refractivity contribution is 0.166. The quantitative estimate of drug-likeness (QED) is 0.725. The first-order valence-electron chi connectivity index (χ1n) is 7.38. The van der Waals surface area contributed by atoms with Crippen LogP contribution in [0, 0.1) is 5.41 Å². The van der Waals surface area contributed by atoms with E-state index in [9.17, 15) is 5.11 Å². The highest BCUT2D eigenvalue weighted by Crippen LogP contribution is 2.35. The van der Waals surface area contributed by atoms with Crippen LogP contribution in [0.15, 0.2) is 0 Å². The minimum atomic E-state index is 0.372. The van der Waals surface area contributed by atoms with Gasteiger partial charge >= 0.3 is 0 Å². The number of rotatable bonds is 2. The topological polar surface area (TPSA) is 20.2 Å². The average Bonchev–Trinajstić information content (AvgIpc) is 2.24.